The van der Waals surface area contributed by atoms with Crippen LogP contribution in [0.1, 0.15) is 12.0 Å². The van der Waals surface area contributed by atoms with E-state index in [-0.39, 0.29) is 6.42 Å². The highest BCUT2D eigenvalue weighted by atomic mass is 32.1. The van der Waals surface area contributed by atoms with Crippen molar-refractivity contribution in [2.75, 3.05) is 41.8 Å². The number of anilines is 4. The third-order valence-electron chi connectivity index (χ3n) is 5.96. The van der Waals surface area contributed by atoms with Crippen molar-refractivity contribution in [2.45, 2.75) is 13.3 Å². The minimum absolute atomic E-state index is 0.264. The predicted octanol–water partition coefficient (Wildman–Crippen LogP) is 6.09. The third-order valence-corrected chi connectivity index (χ3v) is 6.86. The monoisotopic (exact) mass is 482 g/mol. The average Bonchev–Trinajstić information content (AvgIpc) is 3.29. The van der Waals surface area contributed by atoms with Gasteiger partial charge in [0.05, 0.1) is 42.1 Å². The summed E-state index contributed by atoms with van der Waals surface area (Å²) in [5, 5.41) is 17.6. The van der Waals surface area contributed by atoms with Gasteiger partial charge in [-0.3, -0.25) is 0 Å². The van der Waals surface area contributed by atoms with Crippen LogP contribution < -0.4 is 15.5 Å². The average molecular weight is 483 g/mol. The molecule has 1 aliphatic heterocycles. The van der Waals surface area contributed by atoms with E-state index >= 15 is 0 Å². The molecule has 1 aliphatic rings. The van der Waals surface area contributed by atoms with Crippen LogP contribution in [0.5, 0.6) is 0 Å². The van der Waals surface area contributed by atoms with Crippen LogP contribution in [0.2, 0.25) is 0 Å². The number of nitrogens with one attached hydrogen (secondary N) is 2. The Morgan fingerprint density at radius 3 is 2.69 bits per heavy atom. The van der Waals surface area contributed by atoms with E-state index in [0.717, 1.165) is 64.6 Å². The van der Waals surface area contributed by atoms with Crippen molar-refractivity contribution in [3.63, 3.8) is 0 Å². The van der Waals surface area contributed by atoms with E-state index in [1.165, 1.54) is 5.69 Å². The van der Waals surface area contributed by atoms with Crippen molar-refractivity contribution in [3.05, 3.63) is 71.9 Å². The fourth-order valence-electron chi connectivity index (χ4n) is 4.12. The Morgan fingerprint density at radius 2 is 1.91 bits per heavy atom. The highest BCUT2D eigenvalue weighted by Gasteiger charge is 2.14. The molecule has 4 aromatic rings. The normalized spacial score (nSPS) is 13.4. The molecule has 176 valence electrons. The van der Waals surface area contributed by atoms with Crippen LogP contribution in [0.15, 0.2) is 66.3 Å². The van der Waals surface area contributed by atoms with Crippen LogP contribution >= 0.6 is 11.3 Å². The van der Waals surface area contributed by atoms with E-state index in [9.17, 15) is 0 Å². The van der Waals surface area contributed by atoms with Gasteiger partial charge in [0.2, 0.25) is 5.95 Å². The molecule has 35 heavy (non-hydrogen) atoms. The molecule has 0 spiro atoms. The standard InChI is InChI=1S/C27H26N6OS/c1-18-3-4-21(30-19(2)9-10-28)15-23(18)24-17-35-25-16-29-27(32-26(24)25)31-20-5-7-22(8-6-20)33-11-13-34-14-12-33/h3-8,15-17,30H,2,9,11-14H2,1H3,(H,29,31,32). The van der Waals surface area contributed by atoms with Crippen LogP contribution in [0.4, 0.5) is 23.0 Å². The summed E-state index contributed by atoms with van der Waals surface area (Å²) in [5.41, 5.74) is 7.91. The summed E-state index contributed by atoms with van der Waals surface area (Å²) in [6, 6.07) is 16.6. The van der Waals surface area contributed by atoms with Gasteiger partial charge in [-0.2, -0.15) is 5.26 Å². The molecule has 0 atom stereocenters. The maximum atomic E-state index is 8.91. The molecule has 0 amide bonds. The maximum absolute atomic E-state index is 8.91. The van der Waals surface area contributed by atoms with Gasteiger partial charge in [0.1, 0.15) is 0 Å². The Morgan fingerprint density at radius 1 is 1.14 bits per heavy atom. The van der Waals surface area contributed by atoms with E-state index < -0.39 is 0 Å². The largest absolute Gasteiger partial charge is 0.378 e. The second-order valence-corrected chi connectivity index (χ2v) is 9.33. The molecule has 2 aromatic heterocycles. The van der Waals surface area contributed by atoms with Crippen molar-refractivity contribution in [1.82, 2.24) is 9.97 Å². The fraction of sp³-hybridized carbons (Fsp3) is 0.222. The van der Waals surface area contributed by atoms with Gasteiger partial charge < -0.3 is 20.3 Å². The summed E-state index contributed by atoms with van der Waals surface area (Å²) in [6.45, 7) is 9.37. The fourth-order valence-corrected chi connectivity index (χ4v) is 4.98. The number of nitrogens with zero attached hydrogens (tertiary/aromatic N) is 4. The Kier molecular flexibility index (Phi) is 6.62. The topological polar surface area (TPSA) is 86.1 Å². The van der Waals surface area contributed by atoms with Crippen molar-refractivity contribution >= 4 is 44.6 Å². The highest BCUT2D eigenvalue weighted by molar-refractivity contribution is 7.17. The van der Waals surface area contributed by atoms with Crippen molar-refractivity contribution in [1.29, 1.82) is 5.26 Å². The number of allylic oxidation sites excluding steroid dienone is 1. The first kappa shape index (κ1) is 22.8. The minimum Gasteiger partial charge on any atom is -0.378 e. The zero-order valence-electron chi connectivity index (χ0n) is 19.5. The molecule has 8 heteroatoms. The van der Waals surface area contributed by atoms with Gasteiger partial charge in [-0.05, 0) is 54.4 Å². The van der Waals surface area contributed by atoms with Gasteiger partial charge in [0, 0.05) is 46.8 Å². The number of ether oxygens (including phenoxy) is 1. The lowest BCUT2D eigenvalue weighted by Gasteiger charge is -2.28. The molecule has 0 radical (unpaired) electrons. The molecular weight excluding hydrogens is 456 g/mol. The third kappa shape index (κ3) is 5.11. The summed E-state index contributed by atoms with van der Waals surface area (Å²) in [7, 11) is 0. The molecule has 0 unspecified atom stereocenters. The molecule has 3 heterocycles. The van der Waals surface area contributed by atoms with Gasteiger partial charge in [-0.1, -0.05) is 12.6 Å². The van der Waals surface area contributed by atoms with Gasteiger partial charge >= 0.3 is 0 Å². The first-order valence-electron chi connectivity index (χ1n) is 11.5. The lowest BCUT2D eigenvalue weighted by Crippen LogP contribution is -2.36. The second-order valence-electron chi connectivity index (χ2n) is 8.42. The Hall–Kier alpha value is -3.93. The van der Waals surface area contributed by atoms with Crippen molar-refractivity contribution < 1.29 is 4.74 Å². The van der Waals surface area contributed by atoms with Crippen molar-refractivity contribution in [3.8, 4) is 17.2 Å². The molecule has 5 rings (SSSR count). The number of nitriles is 1. The molecule has 2 aromatic carbocycles. The Bertz CT molecular complexity index is 1400. The number of thiophene rings is 1. The molecule has 7 nitrogen and oxygen atoms in total. The van der Waals surface area contributed by atoms with Gasteiger partial charge in [0.15, 0.2) is 0 Å². The predicted molar refractivity (Wildman–Crippen MR) is 143 cm³/mol. The zero-order chi connectivity index (χ0) is 24.2. The summed E-state index contributed by atoms with van der Waals surface area (Å²) < 4.78 is 6.47. The number of hydrogen-bond acceptors (Lipinski definition) is 8. The Balaban J connectivity index is 1.39. The van der Waals surface area contributed by atoms with Gasteiger partial charge in [-0.15, -0.1) is 11.3 Å². The maximum Gasteiger partial charge on any atom is 0.227 e. The van der Waals surface area contributed by atoms with Crippen LogP contribution in [-0.4, -0.2) is 36.3 Å². The van der Waals surface area contributed by atoms with E-state index in [1.54, 1.807) is 11.3 Å². The molecule has 2 N–H and O–H groups in total. The summed E-state index contributed by atoms with van der Waals surface area (Å²) in [6.07, 6.45) is 2.13. The zero-order valence-corrected chi connectivity index (χ0v) is 20.4. The van der Waals surface area contributed by atoms with Crippen LogP contribution in [0.25, 0.3) is 21.3 Å². The number of aromatic nitrogens is 2. The molecule has 0 bridgehead atoms. The summed E-state index contributed by atoms with van der Waals surface area (Å²) >= 11 is 1.63. The van der Waals surface area contributed by atoms with Gasteiger partial charge in [-0.25, -0.2) is 9.97 Å². The summed E-state index contributed by atoms with van der Waals surface area (Å²) in [4.78, 5) is 11.7. The van der Waals surface area contributed by atoms with E-state index in [4.69, 9.17) is 15.0 Å². The first-order chi connectivity index (χ1) is 17.1. The quantitative estimate of drug-likeness (QED) is 0.330. The van der Waals surface area contributed by atoms with Crippen LogP contribution in [0.3, 0.4) is 0 Å². The van der Waals surface area contributed by atoms with E-state index in [0.29, 0.717) is 11.6 Å². The molecule has 1 saturated heterocycles. The number of morpholine rings is 1. The molecule has 1 fully saturated rings. The highest BCUT2D eigenvalue weighted by Crippen LogP contribution is 2.36. The van der Waals surface area contributed by atoms with E-state index in [1.807, 2.05) is 12.3 Å². The van der Waals surface area contributed by atoms with Crippen LogP contribution in [0, 0.1) is 18.3 Å². The number of benzene rings is 2. The number of rotatable bonds is 7. The molecule has 0 aliphatic carbocycles. The number of hydrogen-bond donors (Lipinski definition) is 2. The Labute approximate surface area is 208 Å². The number of aryl methyl sites for hydroxylation is 1. The lowest BCUT2D eigenvalue weighted by atomic mass is 10.0. The van der Waals surface area contributed by atoms with Crippen LogP contribution in [-0.2, 0) is 4.74 Å². The minimum atomic E-state index is 0.264. The van der Waals surface area contributed by atoms with Crippen molar-refractivity contribution in [2.24, 2.45) is 0 Å². The summed E-state index contributed by atoms with van der Waals surface area (Å²) in [5.74, 6) is 0.561. The smallest absolute Gasteiger partial charge is 0.227 e. The second kappa shape index (κ2) is 10.1. The number of fused-ring (bicyclic) bond motifs is 1. The molecular formula is C27H26N6OS. The molecule has 0 saturated carbocycles. The lowest BCUT2D eigenvalue weighted by molar-refractivity contribution is 0.122. The van der Waals surface area contributed by atoms with E-state index in [2.05, 4.69) is 81.9 Å². The SMILES string of the molecule is C=C(CC#N)Nc1ccc(C)c(-c2csc3cnc(Nc4ccc(N5CCOCC5)cc4)nc23)c1. The van der Waals surface area contributed by atoms with Gasteiger partial charge in [0.25, 0.3) is 0 Å². The first-order valence-corrected chi connectivity index (χ1v) is 12.4.